The van der Waals surface area contributed by atoms with E-state index >= 15 is 0 Å². The number of hydrogen-bond acceptors (Lipinski definition) is 3. The van der Waals surface area contributed by atoms with Gasteiger partial charge < -0.3 is 15.3 Å². The van der Waals surface area contributed by atoms with Crippen LogP contribution in [0.25, 0.3) is 0 Å². The zero-order valence-corrected chi connectivity index (χ0v) is 15.6. The number of aliphatic hydroxyl groups is 1. The van der Waals surface area contributed by atoms with Gasteiger partial charge in [-0.15, -0.1) is 0 Å². The third kappa shape index (κ3) is 4.75. The average Bonchev–Trinajstić information content (AvgIpc) is 2.63. The lowest BCUT2D eigenvalue weighted by molar-refractivity contribution is 0.0621. The van der Waals surface area contributed by atoms with Crippen LogP contribution in [0.15, 0.2) is 24.3 Å². The highest BCUT2D eigenvalue weighted by Crippen LogP contribution is 2.36. The maximum Gasteiger partial charge on any atom is 0.253 e. The summed E-state index contributed by atoms with van der Waals surface area (Å²) in [5.41, 5.74) is 2.26. The number of amides is 1. The highest BCUT2D eigenvalue weighted by atomic mass is 16.3. The number of benzene rings is 1. The molecule has 1 saturated carbocycles. The zero-order valence-electron chi connectivity index (χ0n) is 15.6. The minimum absolute atomic E-state index is 0.0894. The quantitative estimate of drug-likeness (QED) is 0.871. The van der Waals surface area contributed by atoms with E-state index in [4.69, 9.17) is 0 Å². The SMILES string of the molecule is CC1(C)CCC(Nc2cccc(C(=O)N3CCCC(CO)C3)c2)CC1. The lowest BCUT2D eigenvalue weighted by Crippen LogP contribution is -2.41. The van der Waals surface area contributed by atoms with Gasteiger partial charge in [-0.1, -0.05) is 19.9 Å². The van der Waals surface area contributed by atoms with E-state index in [1.807, 2.05) is 23.1 Å². The third-order valence-corrected chi connectivity index (χ3v) is 5.88. The molecule has 4 heteroatoms. The molecule has 0 aromatic heterocycles. The van der Waals surface area contributed by atoms with Crippen molar-refractivity contribution in [2.24, 2.45) is 11.3 Å². The maximum atomic E-state index is 12.8. The molecule has 1 amide bonds. The van der Waals surface area contributed by atoms with E-state index in [2.05, 4.69) is 25.2 Å². The van der Waals surface area contributed by atoms with Crippen molar-refractivity contribution >= 4 is 11.6 Å². The Kier molecular flexibility index (Phi) is 5.67. The Morgan fingerprint density at radius 1 is 1.28 bits per heavy atom. The van der Waals surface area contributed by atoms with Crippen molar-refractivity contribution in [3.8, 4) is 0 Å². The summed E-state index contributed by atoms with van der Waals surface area (Å²) in [6.45, 7) is 6.33. The smallest absolute Gasteiger partial charge is 0.253 e. The van der Waals surface area contributed by atoms with Crippen molar-refractivity contribution in [3.63, 3.8) is 0 Å². The molecule has 3 rings (SSSR count). The van der Waals surface area contributed by atoms with Gasteiger partial charge in [0.2, 0.25) is 0 Å². The molecule has 0 radical (unpaired) electrons. The second-order valence-corrected chi connectivity index (χ2v) is 8.61. The molecule has 2 aliphatic rings. The summed E-state index contributed by atoms with van der Waals surface area (Å²) in [5, 5.41) is 13.0. The van der Waals surface area contributed by atoms with Crippen molar-refractivity contribution in [1.82, 2.24) is 4.90 Å². The van der Waals surface area contributed by atoms with Crippen LogP contribution in [0, 0.1) is 11.3 Å². The van der Waals surface area contributed by atoms with Gasteiger partial charge in [0, 0.05) is 37.0 Å². The van der Waals surface area contributed by atoms with Crippen molar-refractivity contribution in [2.45, 2.75) is 58.4 Å². The van der Waals surface area contributed by atoms with Gasteiger partial charge in [0.05, 0.1) is 0 Å². The Labute approximate surface area is 151 Å². The summed E-state index contributed by atoms with van der Waals surface area (Å²) >= 11 is 0. The van der Waals surface area contributed by atoms with Gasteiger partial charge in [-0.25, -0.2) is 0 Å². The third-order valence-electron chi connectivity index (χ3n) is 5.88. The van der Waals surface area contributed by atoms with Gasteiger partial charge in [0.25, 0.3) is 5.91 Å². The Hall–Kier alpha value is -1.55. The van der Waals surface area contributed by atoms with Gasteiger partial charge in [-0.05, 0) is 68.1 Å². The first-order valence-electron chi connectivity index (χ1n) is 9.73. The number of carbonyl (C=O) groups is 1. The van der Waals surface area contributed by atoms with Crippen molar-refractivity contribution in [2.75, 3.05) is 25.0 Å². The molecule has 1 aliphatic heterocycles. The van der Waals surface area contributed by atoms with Gasteiger partial charge in [0.1, 0.15) is 0 Å². The summed E-state index contributed by atoms with van der Waals surface area (Å²) < 4.78 is 0. The lowest BCUT2D eigenvalue weighted by atomic mass is 9.75. The molecular weight excluding hydrogens is 312 g/mol. The van der Waals surface area contributed by atoms with E-state index in [0.29, 0.717) is 18.0 Å². The van der Waals surface area contributed by atoms with E-state index < -0.39 is 0 Å². The molecule has 1 saturated heterocycles. The van der Waals surface area contributed by atoms with Crippen LogP contribution in [0.5, 0.6) is 0 Å². The second-order valence-electron chi connectivity index (χ2n) is 8.61. The summed E-state index contributed by atoms with van der Waals surface area (Å²) in [4.78, 5) is 14.7. The van der Waals surface area contributed by atoms with Gasteiger partial charge in [-0.2, -0.15) is 0 Å². The highest BCUT2D eigenvalue weighted by Gasteiger charge is 2.27. The largest absolute Gasteiger partial charge is 0.396 e. The van der Waals surface area contributed by atoms with Crippen molar-refractivity contribution < 1.29 is 9.90 Å². The standard InChI is InChI=1S/C21H32N2O2/c1-21(2)10-8-18(9-11-21)22-19-7-3-6-17(13-19)20(25)23-12-4-5-16(14-23)15-24/h3,6-7,13,16,18,22,24H,4-5,8-12,14-15H2,1-2H3. The number of nitrogens with zero attached hydrogens (tertiary/aromatic N) is 1. The molecule has 2 N–H and O–H groups in total. The Morgan fingerprint density at radius 2 is 2.04 bits per heavy atom. The Balaban J connectivity index is 1.62. The van der Waals surface area contributed by atoms with E-state index in [1.54, 1.807) is 0 Å². The van der Waals surface area contributed by atoms with Crippen LogP contribution >= 0.6 is 0 Å². The highest BCUT2D eigenvalue weighted by molar-refractivity contribution is 5.95. The average molecular weight is 344 g/mol. The summed E-state index contributed by atoms with van der Waals surface area (Å²) in [6.07, 6.45) is 6.87. The first-order valence-corrected chi connectivity index (χ1v) is 9.73. The molecule has 4 nitrogen and oxygen atoms in total. The number of nitrogens with one attached hydrogen (secondary N) is 1. The lowest BCUT2D eigenvalue weighted by Gasteiger charge is -2.35. The van der Waals surface area contributed by atoms with Crippen LogP contribution in [-0.4, -0.2) is 41.7 Å². The van der Waals surface area contributed by atoms with Crippen LogP contribution in [0.1, 0.15) is 62.7 Å². The molecule has 2 fully saturated rings. The number of aliphatic hydroxyl groups excluding tert-OH is 1. The fourth-order valence-electron chi connectivity index (χ4n) is 4.10. The molecule has 1 aliphatic carbocycles. The molecule has 1 atom stereocenters. The van der Waals surface area contributed by atoms with Crippen LogP contribution in [0.4, 0.5) is 5.69 Å². The Morgan fingerprint density at radius 3 is 2.76 bits per heavy atom. The molecule has 1 aromatic rings. The van der Waals surface area contributed by atoms with Crippen molar-refractivity contribution in [3.05, 3.63) is 29.8 Å². The van der Waals surface area contributed by atoms with Gasteiger partial charge >= 0.3 is 0 Å². The monoisotopic (exact) mass is 344 g/mol. The van der Waals surface area contributed by atoms with Crippen LogP contribution < -0.4 is 5.32 Å². The predicted octanol–water partition coefficient (Wildman–Crippen LogP) is 3.91. The first kappa shape index (κ1) is 18.2. The maximum absolute atomic E-state index is 12.8. The van der Waals surface area contributed by atoms with E-state index in [-0.39, 0.29) is 18.4 Å². The molecule has 1 unspecified atom stereocenters. The topological polar surface area (TPSA) is 52.6 Å². The Bertz CT molecular complexity index is 589. The summed E-state index contributed by atoms with van der Waals surface area (Å²) in [5.74, 6) is 0.316. The fourth-order valence-corrected chi connectivity index (χ4v) is 4.10. The summed E-state index contributed by atoms with van der Waals surface area (Å²) in [7, 11) is 0. The summed E-state index contributed by atoms with van der Waals surface area (Å²) in [6, 6.07) is 8.43. The molecule has 1 aromatic carbocycles. The number of anilines is 1. The van der Waals surface area contributed by atoms with E-state index in [1.165, 1.54) is 25.7 Å². The minimum atomic E-state index is 0.0894. The van der Waals surface area contributed by atoms with E-state index in [9.17, 15) is 9.90 Å². The molecule has 1 heterocycles. The second kappa shape index (κ2) is 7.77. The number of rotatable bonds is 4. The van der Waals surface area contributed by atoms with Crippen LogP contribution in [0.3, 0.4) is 0 Å². The number of carbonyl (C=O) groups excluding carboxylic acids is 1. The zero-order chi connectivity index (χ0) is 17.9. The van der Waals surface area contributed by atoms with E-state index in [0.717, 1.165) is 30.6 Å². The fraction of sp³-hybridized carbons (Fsp3) is 0.667. The number of hydrogen-bond donors (Lipinski definition) is 2. The first-order chi connectivity index (χ1) is 12.0. The van der Waals surface area contributed by atoms with Crippen LogP contribution in [0.2, 0.25) is 0 Å². The molecular formula is C21H32N2O2. The molecule has 0 spiro atoms. The molecule has 25 heavy (non-hydrogen) atoms. The molecule has 138 valence electrons. The normalized spacial score (nSPS) is 24.1. The predicted molar refractivity (Wildman–Crippen MR) is 102 cm³/mol. The minimum Gasteiger partial charge on any atom is -0.396 e. The molecule has 0 bridgehead atoms. The number of likely N-dealkylation sites (tertiary alicyclic amines) is 1. The van der Waals surface area contributed by atoms with Crippen LogP contribution in [-0.2, 0) is 0 Å². The van der Waals surface area contributed by atoms with Crippen molar-refractivity contribution in [1.29, 1.82) is 0 Å². The van der Waals surface area contributed by atoms with Gasteiger partial charge in [0.15, 0.2) is 0 Å². The van der Waals surface area contributed by atoms with Gasteiger partial charge in [-0.3, -0.25) is 4.79 Å². The number of piperidine rings is 1.